The summed E-state index contributed by atoms with van der Waals surface area (Å²) in [7, 11) is 0. The number of carboxylic acids is 1. The maximum absolute atomic E-state index is 14.3. The highest BCUT2D eigenvalue weighted by molar-refractivity contribution is 9.10. The zero-order chi connectivity index (χ0) is 31.0. The van der Waals surface area contributed by atoms with Crippen molar-refractivity contribution in [2.45, 2.75) is 41.3 Å². The van der Waals surface area contributed by atoms with Crippen LogP contribution in [0.15, 0.2) is 58.6 Å². The summed E-state index contributed by atoms with van der Waals surface area (Å²) in [4.78, 5) is 64.2. The molecule has 0 radical (unpaired) electrons. The largest absolute Gasteiger partial charge is 0.508 e. The van der Waals surface area contributed by atoms with Crippen LogP contribution in [0.1, 0.15) is 37.2 Å². The van der Waals surface area contributed by atoms with Gasteiger partial charge in [-0.3, -0.25) is 28.9 Å². The number of benzene rings is 2. The zero-order valence-corrected chi connectivity index (χ0v) is 25.4. The second-order valence-corrected chi connectivity index (χ2v) is 13.4. The van der Waals surface area contributed by atoms with E-state index in [0.29, 0.717) is 10.0 Å². The third-order valence-electron chi connectivity index (χ3n) is 9.06. The first-order valence-electron chi connectivity index (χ1n) is 13.6. The molecule has 6 rings (SSSR count). The number of anilines is 1. The van der Waals surface area contributed by atoms with Crippen LogP contribution in [0.25, 0.3) is 0 Å². The van der Waals surface area contributed by atoms with Gasteiger partial charge in [-0.25, -0.2) is 9.29 Å². The molecular formula is C30H24BrCl2FN2O7. The lowest BCUT2D eigenvalue weighted by atomic mass is 9.56. The molecule has 2 heterocycles. The topological polar surface area (TPSA) is 132 Å². The highest BCUT2D eigenvalue weighted by Crippen LogP contribution is 2.66. The molecule has 0 aromatic heterocycles. The van der Waals surface area contributed by atoms with Crippen LogP contribution in [0.3, 0.4) is 0 Å². The van der Waals surface area contributed by atoms with Gasteiger partial charge in [-0.1, -0.05) is 27.6 Å². The first-order chi connectivity index (χ1) is 20.3. The van der Waals surface area contributed by atoms with Crippen LogP contribution in [0.5, 0.6) is 5.75 Å². The molecule has 3 fully saturated rings. The monoisotopic (exact) mass is 692 g/mol. The van der Waals surface area contributed by atoms with Crippen molar-refractivity contribution in [1.29, 1.82) is 0 Å². The predicted octanol–water partition coefficient (Wildman–Crippen LogP) is 4.72. The fourth-order valence-corrected chi connectivity index (χ4v) is 8.48. The van der Waals surface area contributed by atoms with E-state index in [4.69, 9.17) is 28.3 Å². The number of hydrogen-bond donors (Lipinski definition) is 2. The van der Waals surface area contributed by atoms with E-state index < -0.39 is 68.8 Å². The van der Waals surface area contributed by atoms with Crippen molar-refractivity contribution in [2.75, 3.05) is 11.4 Å². The number of fused-ring (bicyclic) bond motifs is 4. The summed E-state index contributed by atoms with van der Waals surface area (Å²) in [6.07, 6.45) is 1.46. The number of imide groups is 2. The maximum Gasteiger partial charge on any atom is 0.303 e. The molecule has 0 spiro atoms. The molecular weight excluding hydrogens is 670 g/mol. The smallest absolute Gasteiger partial charge is 0.303 e. The molecule has 9 nitrogen and oxygen atoms in total. The van der Waals surface area contributed by atoms with Gasteiger partial charge in [-0.15, -0.1) is 23.2 Å². The van der Waals surface area contributed by atoms with Gasteiger partial charge in [0.1, 0.15) is 11.6 Å². The van der Waals surface area contributed by atoms with E-state index in [-0.39, 0.29) is 49.2 Å². The van der Waals surface area contributed by atoms with Gasteiger partial charge in [-0.2, -0.15) is 0 Å². The Morgan fingerprint density at radius 3 is 2.40 bits per heavy atom. The fraction of sp³-hybridized carbons (Fsp3) is 0.367. The number of phenols is 1. The van der Waals surface area contributed by atoms with E-state index >= 15 is 0 Å². The summed E-state index contributed by atoms with van der Waals surface area (Å²) in [5, 5.41) is 20.1. The van der Waals surface area contributed by atoms with Crippen molar-refractivity contribution in [3.8, 4) is 5.75 Å². The molecule has 4 amide bonds. The number of aromatic hydroxyl groups is 1. The van der Waals surface area contributed by atoms with Gasteiger partial charge >= 0.3 is 5.97 Å². The second-order valence-electron chi connectivity index (χ2n) is 11.3. The molecule has 2 aromatic rings. The van der Waals surface area contributed by atoms with Gasteiger partial charge in [0.25, 0.3) is 11.8 Å². The van der Waals surface area contributed by atoms with Crippen LogP contribution in [0.2, 0.25) is 0 Å². The van der Waals surface area contributed by atoms with E-state index in [2.05, 4.69) is 15.9 Å². The number of phenolic OH excluding ortho intramolecular Hbond substituents is 1. The van der Waals surface area contributed by atoms with Gasteiger partial charge in [0.15, 0.2) is 9.75 Å². The van der Waals surface area contributed by atoms with Crippen molar-refractivity contribution in [1.82, 2.24) is 4.90 Å². The van der Waals surface area contributed by atoms with Crippen LogP contribution < -0.4 is 4.90 Å². The summed E-state index contributed by atoms with van der Waals surface area (Å²) >= 11 is 17.9. The van der Waals surface area contributed by atoms with Crippen molar-refractivity contribution >= 4 is 74.4 Å². The van der Waals surface area contributed by atoms with E-state index in [9.17, 15) is 33.5 Å². The second kappa shape index (κ2) is 10.4. The molecule has 2 aliphatic heterocycles. The standard InChI is InChI=1S/C30H24BrCl2FN2O7/c31-14-3-10-21(37)19(12-14)24-17-8-9-18-23(26(41)35(25(18)40)11-1-2-22(38)39)20(17)13-29(32)27(42)36(28(43)30(24,29)33)16-6-4-15(34)5-7-16/h3-8,10,12,18,20,23-24,37H,1-2,9,11,13H2,(H,38,39). The van der Waals surface area contributed by atoms with E-state index in [1.807, 2.05) is 0 Å². The normalized spacial score (nSPS) is 31.6. The number of carboxylic acid groups (broad SMARTS) is 1. The van der Waals surface area contributed by atoms with Crippen molar-refractivity contribution in [3.63, 3.8) is 0 Å². The Morgan fingerprint density at radius 1 is 1.02 bits per heavy atom. The lowest BCUT2D eigenvalue weighted by Crippen LogP contribution is -2.60. The Labute approximate surface area is 263 Å². The van der Waals surface area contributed by atoms with Crippen LogP contribution in [0.4, 0.5) is 10.1 Å². The van der Waals surface area contributed by atoms with E-state index in [1.165, 1.54) is 18.2 Å². The summed E-state index contributed by atoms with van der Waals surface area (Å²) in [6.45, 7) is -0.0733. The molecule has 0 bridgehead atoms. The SMILES string of the molecule is O=C(O)CCCN1C(=O)C2CC=C3C(CC4(Cl)C(=O)N(c5ccc(F)cc5)C(=O)C4(Cl)C3c3cc(Br)ccc3O)C2C1=O. The van der Waals surface area contributed by atoms with Crippen molar-refractivity contribution in [3.05, 3.63) is 70.0 Å². The molecule has 2 saturated heterocycles. The first kappa shape index (κ1) is 29.8. The van der Waals surface area contributed by atoms with Crippen LogP contribution in [-0.4, -0.2) is 61.0 Å². The van der Waals surface area contributed by atoms with Crippen molar-refractivity contribution < 1.29 is 38.6 Å². The lowest BCUT2D eigenvalue weighted by molar-refractivity contribution is -0.142. The highest BCUT2D eigenvalue weighted by atomic mass is 79.9. The van der Waals surface area contributed by atoms with Gasteiger partial charge in [0, 0.05) is 28.9 Å². The average Bonchev–Trinajstić information content (AvgIpc) is 3.28. The van der Waals surface area contributed by atoms with Crippen LogP contribution in [-0.2, 0) is 24.0 Å². The lowest BCUT2D eigenvalue weighted by Gasteiger charge is -2.50. The number of halogens is 4. The number of aliphatic carboxylic acids is 1. The quantitative estimate of drug-likeness (QED) is 0.254. The third-order valence-corrected chi connectivity index (χ3v) is 11.0. The minimum atomic E-state index is -2.17. The van der Waals surface area contributed by atoms with Gasteiger partial charge in [0.2, 0.25) is 11.8 Å². The number of carbonyl (C=O) groups is 5. The number of carbonyl (C=O) groups excluding carboxylic acids is 4. The average molecular weight is 694 g/mol. The Hall–Kier alpha value is -3.28. The zero-order valence-electron chi connectivity index (χ0n) is 22.3. The molecule has 2 aliphatic carbocycles. The number of nitrogens with zero attached hydrogens (tertiary/aromatic N) is 2. The molecule has 1 saturated carbocycles. The Bertz CT molecular complexity index is 1630. The van der Waals surface area contributed by atoms with Crippen molar-refractivity contribution in [2.24, 2.45) is 17.8 Å². The molecule has 6 unspecified atom stereocenters. The number of likely N-dealkylation sites (tertiary alicyclic amines) is 1. The van der Waals surface area contributed by atoms with Crippen LogP contribution >= 0.6 is 39.1 Å². The molecule has 2 N–H and O–H groups in total. The van der Waals surface area contributed by atoms with Gasteiger partial charge < -0.3 is 10.2 Å². The Balaban J connectivity index is 1.50. The third kappa shape index (κ3) is 4.26. The van der Waals surface area contributed by atoms with E-state index in [1.54, 1.807) is 18.2 Å². The van der Waals surface area contributed by atoms with Crippen LogP contribution in [0, 0.1) is 23.6 Å². The minimum absolute atomic E-state index is 0.0506. The number of alkyl halides is 2. The molecule has 4 aliphatic rings. The Morgan fingerprint density at radius 2 is 1.72 bits per heavy atom. The number of amides is 4. The molecule has 6 atom stereocenters. The summed E-state index contributed by atoms with van der Waals surface area (Å²) in [5.74, 6) is -8.24. The molecule has 13 heteroatoms. The summed E-state index contributed by atoms with van der Waals surface area (Å²) in [6, 6.07) is 9.24. The molecule has 224 valence electrons. The maximum atomic E-state index is 14.3. The number of rotatable bonds is 6. The Kier molecular flexibility index (Phi) is 7.21. The highest BCUT2D eigenvalue weighted by Gasteiger charge is 2.76. The van der Waals surface area contributed by atoms with Gasteiger partial charge in [0.05, 0.1) is 17.5 Å². The minimum Gasteiger partial charge on any atom is -0.508 e. The molecule has 43 heavy (non-hydrogen) atoms. The van der Waals surface area contributed by atoms with E-state index in [0.717, 1.165) is 21.9 Å². The predicted molar refractivity (Wildman–Crippen MR) is 156 cm³/mol. The number of hydrogen-bond acceptors (Lipinski definition) is 6. The van der Waals surface area contributed by atoms with Gasteiger partial charge in [-0.05, 0) is 67.6 Å². The fourth-order valence-electron chi connectivity index (χ4n) is 7.17. The number of allylic oxidation sites excluding steroid dienone is 2. The summed E-state index contributed by atoms with van der Waals surface area (Å²) in [5.41, 5.74) is 0.743. The first-order valence-corrected chi connectivity index (χ1v) is 15.1. The summed E-state index contributed by atoms with van der Waals surface area (Å²) < 4.78 is 14.3. The molecule has 2 aromatic carbocycles.